The van der Waals surface area contributed by atoms with E-state index in [2.05, 4.69) is 46.2 Å². The molecular formula is C19H25N5. The molecule has 2 aromatic rings. The highest BCUT2D eigenvalue weighted by Gasteiger charge is 2.11. The summed E-state index contributed by atoms with van der Waals surface area (Å²) in [5.41, 5.74) is 4.65. The van der Waals surface area contributed by atoms with Crippen molar-refractivity contribution in [3.05, 3.63) is 59.2 Å². The number of rotatable bonds is 9. The number of hydrogen-bond donors (Lipinski definition) is 1. The summed E-state index contributed by atoms with van der Waals surface area (Å²) >= 11 is 0. The van der Waals surface area contributed by atoms with Crippen LogP contribution in [0.4, 0.5) is 0 Å². The van der Waals surface area contributed by atoms with Crippen LogP contribution >= 0.6 is 0 Å². The second-order valence-corrected chi connectivity index (χ2v) is 5.99. The van der Waals surface area contributed by atoms with Gasteiger partial charge in [-0.1, -0.05) is 12.1 Å². The van der Waals surface area contributed by atoms with Gasteiger partial charge in [0.15, 0.2) is 6.19 Å². The lowest BCUT2D eigenvalue weighted by atomic mass is 10.1. The second-order valence-electron chi connectivity index (χ2n) is 5.99. The van der Waals surface area contributed by atoms with Crippen LogP contribution < -0.4 is 5.32 Å². The highest BCUT2D eigenvalue weighted by Crippen LogP contribution is 2.13. The Balaban J connectivity index is 2.02. The van der Waals surface area contributed by atoms with E-state index < -0.39 is 0 Å². The molecule has 0 atom stereocenters. The molecule has 5 heteroatoms. The second kappa shape index (κ2) is 9.64. The summed E-state index contributed by atoms with van der Waals surface area (Å²) in [5.74, 6) is 0. The first-order valence-corrected chi connectivity index (χ1v) is 8.36. The van der Waals surface area contributed by atoms with Crippen LogP contribution in [0.3, 0.4) is 0 Å². The van der Waals surface area contributed by atoms with Crippen molar-refractivity contribution in [2.45, 2.75) is 39.8 Å². The molecule has 0 aliphatic carbocycles. The van der Waals surface area contributed by atoms with Gasteiger partial charge in [0, 0.05) is 32.0 Å². The monoisotopic (exact) mass is 323 g/mol. The van der Waals surface area contributed by atoms with Crippen LogP contribution in [0, 0.1) is 25.3 Å². The molecule has 0 aromatic carbocycles. The topological polar surface area (TPSA) is 64.8 Å². The number of hydrogen-bond acceptors (Lipinski definition) is 5. The van der Waals surface area contributed by atoms with Gasteiger partial charge in [-0.25, -0.2) is 0 Å². The lowest BCUT2D eigenvalue weighted by Crippen LogP contribution is -2.26. The standard InChI is InChI=1S/C19H25N5/c1-16-7-5-10-22-18(16)13-24(12-4-3-9-21-15-20)14-19-17(2)8-6-11-23-19/h5-8,10-11,21H,3-4,9,12-14H2,1-2H3. The molecule has 2 rings (SSSR count). The van der Waals surface area contributed by atoms with E-state index in [1.54, 1.807) is 0 Å². The SMILES string of the molecule is Cc1cccnc1CN(CCCCNC#N)Cc1ncccc1C. The third-order valence-electron chi connectivity index (χ3n) is 4.09. The zero-order valence-electron chi connectivity index (χ0n) is 14.5. The molecule has 24 heavy (non-hydrogen) atoms. The molecule has 0 aliphatic rings. The van der Waals surface area contributed by atoms with Gasteiger partial charge in [-0.15, -0.1) is 0 Å². The Morgan fingerprint density at radius 3 is 2.08 bits per heavy atom. The number of aromatic nitrogens is 2. The normalized spacial score (nSPS) is 10.6. The zero-order chi connectivity index (χ0) is 17.2. The maximum absolute atomic E-state index is 8.54. The van der Waals surface area contributed by atoms with Crippen molar-refractivity contribution < 1.29 is 0 Å². The van der Waals surface area contributed by atoms with E-state index in [-0.39, 0.29) is 0 Å². The Morgan fingerprint density at radius 2 is 1.58 bits per heavy atom. The molecule has 0 radical (unpaired) electrons. The first-order valence-electron chi connectivity index (χ1n) is 8.36. The van der Waals surface area contributed by atoms with E-state index in [4.69, 9.17) is 5.26 Å². The number of nitriles is 1. The van der Waals surface area contributed by atoms with E-state index in [0.717, 1.165) is 50.4 Å². The number of nitrogens with one attached hydrogen (secondary N) is 1. The minimum absolute atomic E-state index is 0.732. The van der Waals surface area contributed by atoms with Gasteiger partial charge in [-0.05, 0) is 56.5 Å². The van der Waals surface area contributed by atoms with Gasteiger partial charge < -0.3 is 5.32 Å². The van der Waals surface area contributed by atoms with Crippen LogP contribution in [-0.2, 0) is 13.1 Å². The summed E-state index contributed by atoms with van der Waals surface area (Å²) in [6.45, 7) is 7.52. The third-order valence-corrected chi connectivity index (χ3v) is 4.09. The summed E-state index contributed by atoms with van der Waals surface area (Å²) in [6.07, 6.45) is 7.68. The predicted octanol–water partition coefficient (Wildman–Crippen LogP) is 2.95. The average molecular weight is 323 g/mol. The molecule has 0 saturated carbocycles. The fourth-order valence-corrected chi connectivity index (χ4v) is 2.61. The molecule has 1 N–H and O–H groups in total. The molecule has 2 aromatic heterocycles. The van der Waals surface area contributed by atoms with E-state index in [0.29, 0.717) is 0 Å². The quantitative estimate of drug-likeness (QED) is 0.437. The summed E-state index contributed by atoms with van der Waals surface area (Å²) in [4.78, 5) is 11.4. The molecule has 0 amide bonds. The van der Waals surface area contributed by atoms with Crippen LogP contribution in [0.5, 0.6) is 0 Å². The summed E-state index contributed by atoms with van der Waals surface area (Å²) < 4.78 is 0. The zero-order valence-corrected chi connectivity index (χ0v) is 14.5. The van der Waals surface area contributed by atoms with Crippen LogP contribution in [0.25, 0.3) is 0 Å². The Hall–Kier alpha value is -2.45. The first-order chi connectivity index (χ1) is 11.7. The third kappa shape index (κ3) is 5.64. The number of nitrogens with zero attached hydrogens (tertiary/aromatic N) is 4. The molecular weight excluding hydrogens is 298 g/mol. The van der Waals surface area contributed by atoms with Gasteiger partial charge in [0.1, 0.15) is 0 Å². The Kier molecular flexibility index (Phi) is 7.19. The Labute approximate surface area is 144 Å². The van der Waals surface area contributed by atoms with Crippen molar-refractivity contribution >= 4 is 0 Å². The minimum Gasteiger partial charge on any atom is -0.324 e. The Morgan fingerprint density at radius 1 is 1.00 bits per heavy atom. The summed E-state index contributed by atoms with van der Waals surface area (Å²) in [5, 5.41) is 11.2. The van der Waals surface area contributed by atoms with E-state index in [1.165, 1.54) is 11.1 Å². The molecule has 0 aliphatic heterocycles. The largest absolute Gasteiger partial charge is 0.324 e. The lowest BCUT2D eigenvalue weighted by molar-refractivity contribution is 0.244. The maximum atomic E-state index is 8.54. The minimum atomic E-state index is 0.732. The number of aryl methyl sites for hydroxylation is 2. The predicted molar refractivity (Wildman–Crippen MR) is 94.9 cm³/mol. The van der Waals surface area contributed by atoms with Crippen LogP contribution in [-0.4, -0.2) is 28.0 Å². The van der Waals surface area contributed by atoms with E-state index in [1.807, 2.05) is 30.7 Å². The molecule has 0 bridgehead atoms. The van der Waals surface area contributed by atoms with Crippen molar-refractivity contribution in [1.29, 1.82) is 5.26 Å². The van der Waals surface area contributed by atoms with Crippen LogP contribution in [0.2, 0.25) is 0 Å². The van der Waals surface area contributed by atoms with Gasteiger partial charge in [-0.2, -0.15) is 5.26 Å². The van der Waals surface area contributed by atoms with E-state index in [9.17, 15) is 0 Å². The van der Waals surface area contributed by atoms with E-state index >= 15 is 0 Å². The van der Waals surface area contributed by atoms with Crippen LogP contribution in [0.15, 0.2) is 36.7 Å². The highest BCUT2D eigenvalue weighted by atomic mass is 15.1. The Bertz CT molecular complexity index is 630. The number of unbranched alkanes of at least 4 members (excludes halogenated alkanes) is 1. The average Bonchev–Trinajstić information content (AvgIpc) is 2.58. The van der Waals surface area contributed by atoms with Crippen molar-refractivity contribution in [3.63, 3.8) is 0 Å². The maximum Gasteiger partial charge on any atom is 0.176 e. The fraction of sp³-hybridized carbons (Fsp3) is 0.421. The van der Waals surface area contributed by atoms with Gasteiger partial charge >= 0.3 is 0 Å². The van der Waals surface area contributed by atoms with Crippen molar-refractivity contribution in [2.75, 3.05) is 13.1 Å². The molecule has 0 fully saturated rings. The smallest absolute Gasteiger partial charge is 0.176 e. The van der Waals surface area contributed by atoms with Gasteiger partial charge in [0.25, 0.3) is 0 Å². The summed E-state index contributed by atoms with van der Waals surface area (Å²) in [7, 11) is 0. The first kappa shape index (κ1) is 17.9. The van der Waals surface area contributed by atoms with Crippen molar-refractivity contribution in [1.82, 2.24) is 20.2 Å². The van der Waals surface area contributed by atoms with Gasteiger partial charge in [-0.3, -0.25) is 14.9 Å². The lowest BCUT2D eigenvalue weighted by Gasteiger charge is -2.23. The van der Waals surface area contributed by atoms with Gasteiger partial charge in [0.2, 0.25) is 0 Å². The molecule has 5 nitrogen and oxygen atoms in total. The fourth-order valence-electron chi connectivity index (χ4n) is 2.61. The molecule has 0 unspecified atom stereocenters. The van der Waals surface area contributed by atoms with Gasteiger partial charge in [0.05, 0.1) is 11.4 Å². The molecule has 126 valence electrons. The molecule has 0 spiro atoms. The number of pyridine rings is 2. The van der Waals surface area contributed by atoms with Crippen molar-refractivity contribution in [3.8, 4) is 6.19 Å². The highest BCUT2D eigenvalue weighted by molar-refractivity contribution is 5.19. The molecule has 2 heterocycles. The summed E-state index contributed by atoms with van der Waals surface area (Å²) in [6, 6.07) is 8.14. The van der Waals surface area contributed by atoms with Crippen LogP contribution in [0.1, 0.15) is 35.4 Å². The van der Waals surface area contributed by atoms with Crippen molar-refractivity contribution in [2.24, 2.45) is 0 Å². The molecule has 0 saturated heterocycles.